The number of fused-ring (bicyclic) bond motifs is 1. The van der Waals surface area contributed by atoms with Crippen LogP contribution in [0.3, 0.4) is 0 Å². The molecule has 1 aliphatic carbocycles. The number of nitrogens with one attached hydrogen (secondary N) is 1. The number of ether oxygens (including phenoxy) is 1. The Morgan fingerprint density at radius 1 is 1.23 bits per heavy atom. The van der Waals surface area contributed by atoms with Crippen LogP contribution in [0.5, 0.6) is 0 Å². The molecule has 13 nitrogen and oxygen atoms in total. The number of hydrogen-bond donors (Lipinski definition) is 5. The molecule has 15 heteroatoms. The highest BCUT2D eigenvalue weighted by Crippen LogP contribution is 2.37. The molecule has 2 fully saturated rings. The molecule has 4 atom stereocenters. The second-order valence-corrected chi connectivity index (χ2v) is 9.77. The number of hydrogen-bond acceptors (Lipinski definition) is 10. The Morgan fingerprint density at radius 2 is 1.94 bits per heavy atom. The Morgan fingerprint density at radius 3 is 2.61 bits per heavy atom. The molecular formula is C16H22ClN6O7P. The van der Waals surface area contributed by atoms with Crippen LogP contribution in [0.4, 0.5) is 5.82 Å². The van der Waals surface area contributed by atoms with Gasteiger partial charge < -0.3 is 30.1 Å². The Balaban J connectivity index is 1.57. The molecule has 1 saturated carbocycles. The Hall–Kier alpha value is -1.73. The lowest BCUT2D eigenvalue weighted by Crippen LogP contribution is -2.33. The molecule has 5 N–H and O–H groups in total. The molecule has 1 aliphatic heterocycles. The summed E-state index contributed by atoms with van der Waals surface area (Å²) in [5.41, 5.74) is 0.474. The predicted octanol–water partition coefficient (Wildman–Crippen LogP) is -0.0147. The van der Waals surface area contributed by atoms with Gasteiger partial charge in [-0.05, 0) is 24.4 Å². The summed E-state index contributed by atoms with van der Waals surface area (Å²) in [7, 11) is -4.55. The van der Waals surface area contributed by atoms with Crippen molar-refractivity contribution in [2.45, 2.75) is 62.7 Å². The summed E-state index contributed by atoms with van der Waals surface area (Å²) < 4.78 is 17.8. The SMILES string of the molecule is O=C(C[C@H]1O[C@@H](n2nnc3c(NC4CCCC4)nc(Cl)nc32)[C@H](O)[C@@H]1O)CP(=O)(O)O. The van der Waals surface area contributed by atoms with Crippen LogP contribution in [0.15, 0.2) is 0 Å². The maximum atomic E-state index is 11.9. The third kappa shape index (κ3) is 4.87. The van der Waals surface area contributed by atoms with Crippen LogP contribution in [0.2, 0.25) is 5.28 Å². The average Bonchev–Trinajstić information content (AvgIpc) is 3.37. The van der Waals surface area contributed by atoms with Crippen molar-refractivity contribution in [1.29, 1.82) is 0 Å². The van der Waals surface area contributed by atoms with Gasteiger partial charge in [-0.2, -0.15) is 14.6 Å². The van der Waals surface area contributed by atoms with Crippen LogP contribution < -0.4 is 5.32 Å². The third-order valence-electron chi connectivity index (χ3n) is 5.38. The summed E-state index contributed by atoms with van der Waals surface area (Å²) >= 11 is 6.07. The van der Waals surface area contributed by atoms with Crippen LogP contribution in [-0.4, -0.2) is 81.3 Å². The summed E-state index contributed by atoms with van der Waals surface area (Å²) in [5, 5.41) is 32.0. The molecule has 0 radical (unpaired) electrons. The third-order valence-corrected chi connectivity index (χ3v) is 6.32. The molecule has 0 amide bonds. The average molecular weight is 477 g/mol. The molecule has 0 spiro atoms. The van der Waals surface area contributed by atoms with E-state index in [2.05, 4.69) is 25.6 Å². The Kier molecular flexibility index (Phi) is 6.28. The molecule has 3 heterocycles. The largest absolute Gasteiger partial charge is 0.388 e. The van der Waals surface area contributed by atoms with Crippen molar-refractivity contribution in [2.75, 3.05) is 11.5 Å². The maximum Gasteiger partial charge on any atom is 0.332 e. The van der Waals surface area contributed by atoms with Crippen molar-refractivity contribution in [3.63, 3.8) is 0 Å². The van der Waals surface area contributed by atoms with Crippen molar-refractivity contribution >= 4 is 42.0 Å². The van der Waals surface area contributed by atoms with E-state index in [1.54, 1.807) is 0 Å². The maximum absolute atomic E-state index is 11.9. The Bertz CT molecular complexity index is 1030. The highest BCUT2D eigenvalue weighted by atomic mass is 35.5. The Labute approximate surface area is 180 Å². The zero-order valence-corrected chi connectivity index (χ0v) is 17.9. The fourth-order valence-electron chi connectivity index (χ4n) is 3.96. The van der Waals surface area contributed by atoms with Gasteiger partial charge in [0.15, 0.2) is 23.2 Å². The van der Waals surface area contributed by atoms with Crippen LogP contribution in [-0.2, 0) is 14.1 Å². The first-order valence-electron chi connectivity index (χ1n) is 9.75. The second-order valence-electron chi connectivity index (χ2n) is 7.79. The number of carbonyl (C=O) groups excluding carboxylic acids is 1. The molecule has 0 aromatic carbocycles. The number of anilines is 1. The molecule has 2 aromatic heterocycles. The van der Waals surface area contributed by atoms with Crippen molar-refractivity contribution in [1.82, 2.24) is 25.0 Å². The van der Waals surface area contributed by atoms with Gasteiger partial charge in [-0.1, -0.05) is 18.1 Å². The summed E-state index contributed by atoms with van der Waals surface area (Å²) in [4.78, 5) is 38.1. The standard InChI is InChI=1S/C16H22ClN6O7P/c17-16-19-13(18-7-3-1-2-4-7)10-14(20-16)23(22-21-10)15-12(26)11(25)9(30-15)5-8(24)6-31(27,28)29/h7,9,11-12,15,25-26H,1-6H2,(H,18,19,20)(H2,27,28,29)/t9-,11-,12-,15-/m1/s1. The summed E-state index contributed by atoms with van der Waals surface area (Å²) in [6.45, 7) is 0. The number of ketones is 1. The quantitative estimate of drug-likeness (QED) is 0.265. The van der Waals surface area contributed by atoms with E-state index in [4.69, 9.17) is 26.1 Å². The molecule has 2 aliphatic rings. The number of nitrogens with zero attached hydrogens (tertiary/aromatic N) is 5. The number of halogens is 1. The molecule has 1 saturated heterocycles. The first-order valence-corrected chi connectivity index (χ1v) is 11.9. The minimum absolute atomic E-state index is 0.0713. The summed E-state index contributed by atoms with van der Waals surface area (Å²) in [6, 6.07) is 0.221. The van der Waals surface area contributed by atoms with Gasteiger partial charge in [-0.3, -0.25) is 9.36 Å². The summed E-state index contributed by atoms with van der Waals surface area (Å²) in [5.74, 6) is -0.406. The van der Waals surface area contributed by atoms with Crippen LogP contribution in [0.25, 0.3) is 11.2 Å². The molecule has 170 valence electrons. The van der Waals surface area contributed by atoms with Crippen LogP contribution in [0, 0.1) is 0 Å². The van der Waals surface area contributed by atoms with Crippen molar-refractivity contribution in [2.24, 2.45) is 0 Å². The second kappa shape index (κ2) is 8.66. The fourth-order valence-corrected chi connectivity index (χ4v) is 4.71. The normalized spacial score (nSPS) is 27.3. The van der Waals surface area contributed by atoms with Crippen LogP contribution in [0.1, 0.15) is 38.3 Å². The highest BCUT2D eigenvalue weighted by molar-refractivity contribution is 7.52. The van der Waals surface area contributed by atoms with Gasteiger partial charge in [0.05, 0.1) is 6.10 Å². The number of aromatic nitrogens is 5. The van der Waals surface area contributed by atoms with E-state index in [0.717, 1.165) is 30.4 Å². The number of rotatable bonds is 7. The molecule has 31 heavy (non-hydrogen) atoms. The zero-order valence-electron chi connectivity index (χ0n) is 16.2. The van der Waals surface area contributed by atoms with E-state index in [-0.39, 0.29) is 17.0 Å². The van der Waals surface area contributed by atoms with Gasteiger partial charge in [-0.15, -0.1) is 5.10 Å². The highest BCUT2D eigenvalue weighted by Gasteiger charge is 2.46. The smallest absolute Gasteiger partial charge is 0.332 e. The minimum atomic E-state index is -4.55. The fraction of sp³-hybridized carbons (Fsp3) is 0.688. The van der Waals surface area contributed by atoms with E-state index in [9.17, 15) is 19.6 Å². The first-order chi connectivity index (χ1) is 14.6. The van der Waals surface area contributed by atoms with Gasteiger partial charge in [0, 0.05) is 12.5 Å². The number of aliphatic hydroxyl groups excluding tert-OH is 2. The lowest BCUT2D eigenvalue weighted by atomic mass is 10.1. The van der Waals surface area contributed by atoms with E-state index in [0.29, 0.717) is 11.3 Å². The minimum Gasteiger partial charge on any atom is -0.388 e. The van der Waals surface area contributed by atoms with Crippen molar-refractivity contribution in [3.8, 4) is 0 Å². The number of carbonyl (C=O) groups is 1. The van der Waals surface area contributed by atoms with Gasteiger partial charge in [0.2, 0.25) is 5.28 Å². The molecule has 0 unspecified atom stereocenters. The van der Waals surface area contributed by atoms with Crippen molar-refractivity contribution in [3.05, 3.63) is 5.28 Å². The van der Waals surface area contributed by atoms with E-state index in [1.807, 2.05) is 0 Å². The topological polar surface area (TPSA) is 193 Å². The van der Waals surface area contributed by atoms with Gasteiger partial charge >= 0.3 is 7.60 Å². The van der Waals surface area contributed by atoms with E-state index >= 15 is 0 Å². The molecule has 4 rings (SSSR count). The van der Waals surface area contributed by atoms with Crippen LogP contribution >= 0.6 is 19.2 Å². The lowest BCUT2D eigenvalue weighted by Gasteiger charge is -2.15. The number of Topliss-reactive ketones (excluding diaryl/α,β-unsaturated/α-hetero) is 1. The zero-order chi connectivity index (χ0) is 22.3. The number of aliphatic hydroxyl groups is 2. The van der Waals surface area contributed by atoms with Gasteiger partial charge in [0.1, 0.15) is 24.2 Å². The molecule has 0 bridgehead atoms. The molecular weight excluding hydrogens is 455 g/mol. The molecule has 2 aromatic rings. The first kappa shape index (κ1) is 22.5. The van der Waals surface area contributed by atoms with E-state index in [1.165, 1.54) is 0 Å². The van der Waals surface area contributed by atoms with Crippen molar-refractivity contribution < 1.29 is 34.1 Å². The monoisotopic (exact) mass is 476 g/mol. The van der Waals surface area contributed by atoms with Gasteiger partial charge in [0.25, 0.3) is 0 Å². The summed E-state index contributed by atoms with van der Waals surface area (Å²) in [6.07, 6.45) is -2.69. The van der Waals surface area contributed by atoms with E-state index < -0.39 is 50.5 Å². The van der Waals surface area contributed by atoms with Gasteiger partial charge in [-0.25, -0.2) is 0 Å². The lowest BCUT2D eigenvalue weighted by molar-refractivity contribution is -0.121. The predicted molar refractivity (Wildman–Crippen MR) is 106 cm³/mol.